The molecule has 19 heavy (non-hydrogen) atoms. The third-order valence-electron chi connectivity index (χ3n) is 3.07. The molecule has 1 aromatic rings. The maximum Gasteiger partial charge on any atom is 0.321 e. The monoisotopic (exact) mass is 281 g/mol. The van der Waals surface area contributed by atoms with Gasteiger partial charge in [0.25, 0.3) is 0 Å². The highest BCUT2D eigenvalue weighted by molar-refractivity contribution is 7.98. The van der Waals surface area contributed by atoms with Crippen LogP contribution in [0, 0.1) is 0 Å². The van der Waals surface area contributed by atoms with Gasteiger partial charge in [0, 0.05) is 31.1 Å². The van der Waals surface area contributed by atoms with E-state index < -0.39 is 0 Å². The SMILES string of the molecule is CNC(C)c1ccc(NC(=O)N(C)CCSC)cc1. The Hall–Kier alpha value is -1.20. The van der Waals surface area contributed by atoms with Crippen molar-refractivity contribution in [1.29, 1.82) is 0 Å². The minimum Gasteiger partial charge on any atom is -0.327 e. The summed E-state index contributed by atoms with van der Waals surface area (Å²) in [6, 6.07) is 8.17. The van der Waals surface area contributed by atoms with Gasteiger partial charge in [-0.15, -0.1) is 0 Å². The highest BCUT2D eigenvalue weighted by atomic mass is 32.2. The summed E-state index contributed by atoms with van der Waals surface area (Å²) in [5.41, 5.74) is 2.03. The molecule has 0 radical (unpaired) electrons. The molecule has 5 heteroatoms. The Kier molecular flexibility index (Phi) is 6.73. The van der Waals surface area contributed by atoms with Crippen molar-refractivity contribution in [1.82, 2.24) is 10.2 Å². The number of urea groups is 1. The zero-order valence-electron chi connectivity index (χ0n) is 12.1. The summed E-state index contributed by atoms with van der Waals surface area (Å²) in [4.78, 5) is 13.6. The standard InChI is InChI=1S/C14H23N3OS/c1-11(15-2)12-5-7-13(8-6-12)16-14(18)17(3)9-10-19-4/h5-8,11,15H,9-10H2,1-4H3,(H,16,18). The Labute approximate surface area is 119 Å². The molecule has 0 aromatic heterocycles. The molecule has 0 bridgehead atoms. The average Bonchev–Trinajstić information content (AvgIpc) is 2.44. The van der Waals surface area contributed by atoms with Crippen molar-refractivity contribution in [2.24, 2.45) is 0 Å². The van der Waals surface area contributed by atoms with Crippen LogP contribution in [0.15, 0.2) is 24.3 Å². The molecule has 0 aliphatic rings. The predicted molar refractivity (Wildman–Crippen MR) is 83.9 cm³/mol. The summed E-state index contributed by atoms with van der Waals surface area (Å²) >= 11 is 1.73. The third kappa shape index (κ3) is 5.12. The van der Waals surface area contributed by atoms with Crippen molar-refractivity contribution >= 4 is 23.5 Å². The normalized spacial score (nSPS) is 12.0. The summed E-state index contributed by atoms with van der Waals surface area (Å²) < 4.78 is 0. The second kappa shape index (κ2) is 8.07. The van der Waals surface area contributed by atoms with Crippen molar-refractivity contribution in [2.45, 2.75) is 13.0 Å². The van der Waals surface area contributed by atoms with Gasteiger partial charge in [0.15, 0.2) is 0 Å². The fourth-order valence-corrected chi connectivity index (χ4v) is 2.03. The smallest absolute Gasteiger partial charge is 0.321 e. The van der Waals surface area contributed by atoms with Crippen molar-refractivity contribution in [3.05, 3.63) is 29.8 Å². The number of nitrogens with one attached hydrogen (secondary N) is 2. The molecular formula is C14H23N3OS. The highest BCUT2D eigenvalue weighted by Gasteiger charge is 2.08. The van der Waals surface area contributed by atoms with E-state index in [4.69, 9.17) is 0 Å². The van der Waals surface area contributed by atoms with Crippen LogP contribution < -0.4 is 10.6 Å². The number of hydrogen-bond acceptors (Lipinski definition) is 3. The number of carbonyl (C=O) groups excluding carboxylic acids is 1. The summed E-state index contributed by atoms with van der Waals surface area (Å²) in [5, 5.41) is 6.08. The summed E-state index contributed by atoms with van der Waals surface area (Å²) in [6.07, 6.45) is 2.04. The second-order valence-corrected chi connectivity index (χ2v) is 5.46. The fourth-order valence-electron chi connectivity index (χ4n) is 1.57. The van der Waals surface area contributed by atoms with Gasteiger partial charge in [0.2, 0.25) is 0 Å². The number of amides is 2. The van der Waals surface area contributed by atoms with E-state index in [9.17, 15) is 4.79 Å². The van der Waals surface area contributed by atoms with Crippen molar-refractivity contribution in [2.75, 3.05) is 38.0 Å². The van der Waals surface area contributed by atoms with Gasteiger partial charge in [-0.05, 0) is 37.9 Å². The van der Waals surface area contributed by atoms with E-state index in [-0.39, 0.29) is 6.03 Å². The molecule has 0 saturated heterocycles. The highest BCUT2D eigenvalue weighted by Crippen LogP contribution is 2.15. The number of benzene rings is 1. The Morgan fingerprint density at radius 3 is 2.53 bits per heavy atom. The molecule has 1 aromatic carbocycles. The zero-order chi connectivity index (χ0) is 14.3. The van der Waals surface area contributed by atoms with E-state index in [1.807, 2.05) is 44.6 Å². The topological polar surface area (TPSA) is 44.4 Å². The quantitative estimate of drug-likeness (QED) is 0.843. The molecule has 0 fully saturated rings. The largest absolute Gasteiger partial charge is 0.327 e. The lowest BCUT2D eigenvalue weighted by Crippen LogP contribution is -2.33. The molecular weight excluding hydrogens is 258 g/mol. The molecule has 1 rings (SSSR count). The molecule has 0 saturated carbocycles. The summed E-state index contributed by atoms with van der Waals surface area (Å²) in [6.45, 7) is 2.85. The van der Waals surface area contributed by atoms with Crippen molar-refractivity contribution in [3.63, 3.8) is 0 Å². The predicted octanol–water partition coefficient (Wildman–Crippen LogP) is 2.79. The summed E-state index contributed by atoms with van der Waals surface area (Å²) in [7, 11) is 3.74. The minimum absolute atomic E-state index is 0.0662. The maximum atomic E-state index is 11.9. The van der Waals surface area contributed by atoms with Gasteiger partial charge >= 0.3 is 6.03 Å². The second-order valence-electron chi connectivity index (χ2n) is 4.48. The first-order chi connectivity index (χ1) is 9.08. The first kappa shape index (κ1) is 15.9. The Morgan fingerprint density at radius 1 is 1.37 bits per heavy atom. The lowest BCUT2D eigenvalue weighted by atomic mass is 10.1. The first-order valence-electron chi connectivity index (χ1n) is 6.36. The van der Waals surface area contributed by atoms with E-state index in [2.05, 4.69) is 17.6 Å². The minimum atomic E-state index is -0.0662. The Bertz CT molecular complexity index is 394. The number of rotatable bonds is 6. The van der Waals surface area contributed by atoms with Crippen LogP contribution in [0.5, 0.6) is 0 Å². The Morgan fingerprint density at radius 2 is 2.00 bits per heavy atom. The van der Waals surface area contributed by atoms with Gasteiger partial charge < -0.3 is 15.5 Å². The molecule has 1 unspecified atom stereocenters. The first-order valence-corrected chi connectivity index (χ1v) is 7.76. The van der Waals surface area contributed by atoms with E-state index in [0.717, 1.165) is 18.0 Å². The van der Waals surface area contributed by atoms with E-state index >= 15 is 0 Å². The molecule has 0 spiro atoms. The van der Waals surface area contributed by atoms with Gasteiger partial charge in [-0.1, -0.05) is 12.1 Å². The molecule has 1 atom stereocenters. The van der Waals surface area contributed by atoms with Crippen LogP contribution in [-0.2, 0) is 0 Å². The molecule has 4 nitrogen and oxygen atoms in total. The van der Waals surface area contributed by atoms with Gasteiger partial charge in [0.05, 0.1) is 0 Å². The third-order valence-corrected chi connectivity index (χ3v) is 3.66. The van der Waals surface area contributed by atoms with Crippen molar-refractivity contribution in [3.8, 4) is 0 Å². The van der Waals surface area contributed by atoms with Gasteiger partial charge in [-0.3, -0.25) is 0 Å². The van der Waals surface area contributed by atoms with Crippen LogP contribution in [0.1, 0.15) is 18.5 Å². The van der Waals surface area contributed by atoms with Gasteiger partial charge in [-0.25, -0.2) is 4.79 Å². The number of carbonyl (C=O) groups is 1. The molecule has 0 heterocycles. The molecule has 2 amide bonds. The summed E-state index contributed by atoms with van der Waals surface area (Å²) in [5.74, 6) is 0.947. The van der Waals surface area contributed by atoms with Crippen LogP contribution in [0.3, 0.4) is 0 Å². The van der Waals surface area contributed by atoms with Crippen LogP contribution in [0.25, 0.3) is 0 Å². The van der Waals surface area contributed by atoms with E-state index in [1.54, 1.807) is 16.7 Å². The molecule has 2 N–H and O–H groups in total. The lowest BCUT2D eigenvalue weighted by molar-refractivity contribution is 0.225. The van der Waals surface area contributed by atoms with Gasteiger partial charge in [-0.2, -0.15) is 11.8 Å². The number of anilines is 1. The van der Waals surface area contributed by atoms with Crippen LogP contribution in [0.4, 0.5) is 10.5 Å². The van der Waals surface area contributed by atoms with Crippen LogP contribution >= 0.6 is 11.8 Å². The molecule has 0 aliphatic carbocycles. The lowest BCUT2D eigenvalue weighted by Gasteiger charge is -2.18. The average molecular weight is 281 g/mol. The molecule has 0 aliphatic heterocycles. The van der Waals surface area contributed by atoms with Crippen molar-refractivity contribution < 1.29 is 4.79 Å². The Balaban J connectivity index is 2.55. The molecule has 106 valence electrons. The maximum absolute atomic E-state index is 11.9. The number of hydrogen-bond donors (Lipinski definition) is 2. The van der Waals surface area contributed by atoms with Crippen LogP contribution in [-0.4, -0.2) is 43.6 Å². The number of nitrogens with zero attached hydrogens (tertiary/aromatic N) is 1. The fraction of sp³-hybridized carbons (Fsp3) is 0.500. The number of thioether (sulfide) groups is 1. The van der Waals surface area contributed by atoms with Crippen LogP contribution in [0.2, 0.25) is 0 Å². The van der Waals surface area contributed by atoms with Gasteiger partial charge in [0.1, 0.15) is 0 Å². The van der Waals surface area contributed by atoms with E-state index in [0.29, 0.717) is 6.04 Å². The zero-order valence-corrected chi connectivity index (χ0v) is 12.9. The van der Waals surface area contributed by atoms with E-state index in [1.165, 1.54) is 5.56 Å².